The summed E-state index contributed by atoms with van der Waals surface area (Å²) in [6.07, 6.45) is 1.28. The number of anilines is 1. The standard InChI is InChI=1S/C17H28N2O2/c1-14(19(4)15-9-7-6-8-10-15)13-17(2,3)18-16(20)11-12-21-5/h6-10,14H,11-13H2,1-5H3,(H,18,20). The molecule has 4 heteroatoms. The smallest absolute Gasteiger partial charge is 0.222 e. The molecule has 4 nitrogen and oxygen atoms in total. The van der Waals surface area contributed by atoms with E-state index in [0.29, 0.717) is 19.1 Å². The van der Waals surface area contributed by atoms with Crippen molar-refractivity contribution in [1.29, 1.82) is 0 Å². The Hall–Kier alpha value is -1.55. The van der Waals surface area contributed by atoms with Crippen LogP contribution in [0.1, 0.15) is 33.6 Å². The van der Waals surface area contributed by atoms with Crippen LogP contribution in [0.2, 0.25) is 0 Å². The Kier molecular flexibility index (Phi) is 6.69. The van der Waals surface area contributed by atoms with Gasteiger partial charge in [0.05, 0.1) is 6.61 Å². The second-order valence-corrected chi connectivity index (χ2v) is 6.17. The largest absolute Gasteiger partial charge is 0.384 e. The highest BCUT2D eigenvalue weighted by Gasteiger charge is 2.25. The van der Waals surface area contributed by atoms with Gasteiger partial charge in [0.25, 0.3) is 0 Å². The number of amides is 1. The first-order valence-electron chi connectivity index (χ1n) is 7.43. The van der Waals surface area contributed by atoms with Gasteiger partial charge in [0, 0.05) is 37.8 Å². The Morgan fingerprint density at radius 3 is 2.52 bits per heavy atom. The summed E-state index contributed by atoms with van der Waals surface area (Å²) in [4.78, 5) is 14.1. The van der Waals surface area contributed by atoms with Crippen molar-refractivity contribution < 1.29 is 9.53 Å². The topological polar surface area (TPSA) is 41.6 Å². The number of carbonyl (C=O) groups is 1. The van der Waals surface area contributed by atoms with Crippen LogP contribution >= 0.6 is 0 Å². The zero-order valence-corrected chi connectivity index (χ0v) is 13.8. The van der Waals surface area contributed by atoms with Gasteiger partial charge in [-0.25, -0.2) is 0 Å². The molecule has 1 aromatic rings. The number of methoxy groups -OCH3 is 1. The predicted octanol–water partition coefficient (Wildman–Crippen LogP) is 2.83. The number of hydrogen-bond donors (Lipinski definition) is 1. The molecule has 1 aromatic carbocycles. The molecule has 0 radical (unpaired) electrons. The minimum Gasteiger partial charge on any atom is -0.384 e. The Balaban J connectivity index is 2.55. The van der Waals surface area contributed by atoms with Crippen LogP contribution in [0, 0.1) is 0 Å². The lowest BCUT2D eigenvalue weighted by Crippen LogP contribution is -2.48. The number of benzene rings is 1. The van der Waals surface area contributed by atoms with E-state index in [4.69, 9.17) is 4.74 Å². The van der Waals surface area contributed by atoms with E-state index in [1.54, 1.807) is 7.11 Å². The van der Waals surface area contributed by atoms with Gasteiger partial charge in [0.1, 0.15) is 0 Å². The van der Waals surface area contributed by atoms with E-state index in [0.717, 1.165) is 6.42 Å². The molecular formula is C17H28N2O2. The van der Waals surface area contributed by atoms with E-state index >= 15 is 0 Å². The first-order valence-corrected chi connectivity index (χ1v) is 7.43. The van der Waals surface area contributed by atoms with E-state index in [1.165, 1.54) is 5.69 Å². The van der Waals surface area contributed by atoms with Crippen molar-refractivity contribution in [3.63, 3.8) is 0 Å². The number of hydrogen-bond acceptors (Lipinski definition) is 3. The molecule has 0 spiro atoms. The Bertz CT molecular complexity index is 432. The third-order valence-corrected chi connectivity index (χ3v) is 3.64. The first kappa shape index (κ1) is 17.5. The second kappa shape index (κ2) is 8.03. The zero-order chi connectivity index (χ0) is 15.9. The van der Waals surface area contributed by atoms with Crippen molar-refractivity contribution >= 4 is 11.6 Å². The summed E-state index contributed by atoms with van der Waals surface area (Å²) < 4.78 is 4.94. The van der Waals surface area contributed by atoms with Gasteiger partial charge in [-0.05, 0) is 39.3 Å². The van der Waals surface area contributed by atoms with Crippen LogP contribution in [0.25, 0.3) is 0 Å². The van der Waals surface area contributed by atoms with Crippen molar-refractivity contribution in [1.82, 2.24) is 5.32 Å². The molecule has 0 aromatic heterocycles. The van der Waals surface area contributed by atoms with E-state index in [2.05, 4.69) is 50.2 Å². The maximum Gasteiger partial charge on any atom is 0.222 e. The van der Waals surface area contributed by atoms with Crippen molar-refractivity contribution in [2.24, 2.45) is 0 Å². The Labute approximate surface area is 128 Å². The van der Waals surface area contributed by atoms with Crippen LogP contribution in [0.5, 0.6) is 0 Å². The Morgan fingerprint density at radius 1 is 1.33 bits per heavy atom. The van der Waals surface area contributed by atoms with Crippen molar-refractivity contribution in [3.8, 4) is 0 Å². The summed E-state index contributed by atoms with van der Waals surface area (Å²) in [6.45, 7) is 6.76. The summed E-state index contributed by atoms with van der Waals surface area (Å²) in [7, 11) is 3.69. The minimum atomic E-state index is -0.243. The molecular weight excluding hydrogens is 264 g/mol. The van der Waals surface area contributed by atoms with Crippen LogP contribution in [0.3, 0.4) is 0 Å². The average Bonchev–Trinajstić information content (AvgIpc) is 2.44. The molecule has 1 rings (SSSR count). The predicted molar refractivity (Wildman–Crippen MR) is 87.6 cm³/mol. The molecule has 0 bridgehead atoms. The van der Waals surface area contributed by atoms with E-state index in [1.807, 2.05) is 18.2 Å². The highest BCUT2D eigenvalue weighted by atomic mass is 16.5. The molecule has 1 N–H and O–H groups in total. The van der Waals surface area contributed by atoms with Crippen LogP contribution < -0.4 is 10.2 Å². The van der Waals surface area contributed by atoms with Crippen LogP contribution in [0.15, 0.2) is 30.3 Å². The van der Waals surface area contributed by atoms with Gasteiger partial charge in [0.15, 0.2) is 0 Å². The maximum absolute atomic E-state index is 11.8. The summed E-state index contributed by atoms with van der Waals surface area (Å²) in [5.41, 5.74) is 0.944. The van der Waals surface area contributed by atoms with E-state index in [-0.39, 0.29) is 11.4 Å². The number of carbonyl (C=O) groups excluding carboxylic acids is 1. The number of nitrogens with one attached hydrogen (secondary N) is 1. The zero-order valence-electron chi connectivity index (χ0n) is 13.8. The third-order valence-electron chi connectivity index (χ3n) is 3.64. The van der Waals surface area contributed by atoms with Gasteiger partial charge in [0.2, 0.25) is 5.91 Å². The number of rotatable bonds is 8. The molecule has 0 aliphatic heterocycles. The molecule has 0 aliphatic rings. The van der Waals surface area contributed by atoms with Crippen LogP contribution in [0.4, 0.5) is 5.69 Å². The summed E-state index contributed by atoms with van der Waals surface area (Å²) in [5, 5.41) is 3.08. The van der Waals surface area contributed by atoms with E-state index < -0.39 is 0 Å². The van der Waals surface area contributed by atoms with Gasteiger partial charge in [-0.2, -0.15) is 0 Å². The molecule has 1 amide bonds. The summed E-state index contributed by atoms with van der Waals surface area (Å²) >= 11 is 0. The van der Waals surface area contributed by atoms with Gasteiger partial charge < -0.3 is 15.0 Å². The van der Waals surface area contributed by atoms with E-state index in [9.17, 15) is 4.79 Å². The molecule has 0 aliphatic carbocycles. The SMILES string of the molecule is COCCC(=O)NC(C)(C)CC(C)N(C)c1ccccc1. The molecule has 0 heterocycles. The normalized spacial score (nSPS) is 12.8. The second-order valence-electron chi connectivity index (χ2n) is 6.17. The first-order chi connectivity index (χ1) is 9.85. The quantitative estimate of drug-likeness (QED) is 0.801. The van der Waals surface area contributed by atoms with Crippen molar-refractivity contribution in [2.45, 2.75) is 45.2 Å². The molecule has 0 fully saturated rings. The minimum absolute atomic E-state index is 0.0383. The molecule has 0 saturated carbocycles. The summed E-state index contributed by atoms with van der Waals surface area (Å²) in [5.74, 6) is 0.0383. The molecule has 21 heavy (non-hydrogen) atoms. The fraction of sp³-hybridized carbons (Fsp3) is 0.588. The number of nitrogens with zero attached hydrogens (tertiary/aromatic N) is 1. The summed E-state index contributed by atoms with van der Waals surface area (Å²) in [6, 6.07) is 10.6. The lowest BCUT2D eigenvalue weighted by Gasteiger charge is -2.35. The van der Waals surface area contributed by atoms with Gasteiger partial charge in [-0.3, -0.25) is 4.79 Å². The molecule has 0 saturated heterocycles. The average molecular weight is 292 g/mol. The highest BCUT2D eigenvalue weighted by molar-refractivity contribution is 5.76. The van der Waals surface area contributed by atoms with Crippen molar-refractivity contribution in [3.05, 3.63) is 30.3 Å². The van der Waals surface area contributed by atoms with Gasteiger partial charge in [-0.15, -0.1) is 0 Å². The van der Waals surface area contributed by atoms with Gasteiger partial charge >= 0.3 is 0 Å². The fourth-order valence-electron chi connectivity index (χ4n) is 2.48. The molecule has 1 atom stereocenters. The third kappa shape index (κ3) is 6.17. The van der Waals surface area contributed by atoms with Crippen molar-refractivity contribution in [2.75, 3.05) is 25.7 Å². The molecule has 118 valence electrons. The highest BCUT2D eigenvalue weighted by Crippen LogP contribution is 2.20. The monoisotopic (exact) mass is 292 g/mol. The van der Waals surface area contributed by atoms with Crippen LogP contribution in [-0.4, -0.2) is 38.3 Å². The van der Waals surface area contributed by atoms with Gasteiger partial charge in [-0.1, -0.05) is 18.2 Å². The maximum atomic E-state index is 11.8. The fourth-order valence-corrected chi connectivity index (χ4v) is 2.48. The number of para-hydroxylation sites is 1. The number of ether oxygens (including phenoxy) is 1. The van der Waals surface area contributed by atoms with Crippen LogP contribution in [-0.2, 0) is 9.53 Å². The Morgan fingerprint density at radius 2 is 1.95 bits per heavy atom. The molecule has 1 unspecified atom stereocenters. The lowest BCUT2D eigenvalue weighted by molar-refractivity contribution is -0.123. The lowest BCUT2D eigenvalue weighted by atomic mass is 9.94.